The summed E-state index contributed by atoms with van der Waals surface area (Å²) in [5.74, 6) is -0.641. The number of rotatable bonds is 4. The molecule has 2 aliphatic heterocycles. The number of carbonyl (C=O) groups is 2. The zero-order valence-corrected chi connectivity index (χ0v) is 23.2. The summed E-state index contributed by atoms with van der Waals surface area (Å²) in [7, 11) is 3.90. The molecule has 10 nitrogen and oxygen atoms in total. The van der Waals surface area contributed by atoms with E-state index in [9.17, 15) is 9.59 Å². The number of H-pyrrole nitrogens is 1. The fourth-order valence-electron chi connectivity index (χ4n) is 5.91. The molecule has 2 saturated heterocycles. The van der Waals surface area contributed by atoms with Crippen molar-refractivity contribution in [3.63, 3.8) is 0 Å². The van der Waals surface area contributed by atoms with Crippen molar-refractivity contribution in [1.29, 1.82) is 0 Å². The van der Waals surface area contributed by atoms with Gasteiger partial charge in [0.1, 0.15) is 0 Å². The minimum atomic E-state index is -0.678. The van der Waals surface area contributed by atoms with Crippen molar-refractivity contribution >= 4 is 50.0 Å². The maximum atomic E-state index is 13.5. The first-order chi connectivity index (χ1) is 18.9. The molecule has 204 valence electrons. The topological polar surface area (TPSA) is 116 Å². The Morgan fingerprint density at radius 2 is 2.03 bits per heavy atom. The number of methoxy groups -OCH3 is 1. The molecule has 0 spiro atoms. The SMILES string of the molecule is CO[C@@H]1CN(C)CC[C@H]1c1nc2cc([C@H]3CC[C@H](C)CN3C(=O)C(=O)Nc3cncc4cn[nH]c34)ccc2s1. The van der Waals surface area contributed by atoms with E-state index in [1.165, 1.54) is 6.20 Å². The van der Waals surface area contributed by atoms with Gasteiger partial charge in [-0.1, -0.05) is 13.0 Å². The summed E-state index contributed by atoms with van der Waals surface area (Å²) in [5, 5.41) is 11.5. The lowest BCUT2D eigenvalue weighted by molar-refractivity contribution is -0.146. The van der Waals surface area contributed by atoms with Crippen LogP contribution in [0.5, 0.6) is 0 Å². The van der Waals surface area contributed by atoms with Crippen LogP contribution in [0, 0.1) is 5.92 Å². The molecule has 4 atom stereocenters. The predicted octanol–water partition coefficient (Wildman–Crippen LogP) is 3.94. The maximum Gasteiger partial charge on any atom is 0.314 e. The summed E-state index contributed by atoms with van der Waals surface area (Å²) < 4.78 is 6.94. The number of thiazole rings is 1. The quantitative estimate of drug-likeness (QED) is 0.372. The molecule has 6 rings (SSSR count). The molecular weight excluding hydrogens is 514 g/mol. The van der Waals surface area contributed by atoms with E-state index in [-0.39, 0.29) is 18.1 Å². The Morgan fingerprint density at radius 1 is 1.15 bits per heavy atom. The average Bonchev–Trinajstić information content (AvgIpc) is 3.59. The van der Waals surface area contributed by atoms with Crippen LogP contribution in [-0.2, 0) is 14.3 Å². The summed E-state index contributed by atoms with van der Waals surface area (Å²) in [6.07, 6.45) is 7.72. The molecule has 5 heterocycles. The number of fused-ring (bicyclic) bond motifs is 2. The highest BCUT2D eigenvalue weighted by Crippen LogP contribution is 2.38. The van der Waals surface area contributed by atoms with Gasteiger partial charge in [-0.3, -0.25) is 19.7 Å². The van der Waals surface area contributed by atoms with Crippen molar-refractivity contribution in [2.24, 2.45) is 5.92 Å². The molecule has 1 aromatic carbocycles. The highest BCUT2D eigenvalue weighted by molar-refractivity contribution is 7.18. The van der Waals surface area contributed by atoms with Crippen molar-refractivity contribution in [3.05, 3.63) is 47.4 Å². The number of aromatic amines is 1. The third-order valence-corrected chi connectivity index (χ3v) is 9.24. The van der Waals surface area contributed by atoms with Crippen LogP contribution in [0.1, 0.15) is 48.7 Å². The Balaban J connectivity index is 1.25. The number of carbonyl (C=O) groups excluding carboxylic acids is 2. The standard InChI is InChI=1S/C28H33N7O3S/c1-16-4-6-22(35(14-16)28(37)26(36)31-21-13-29-11-18-12-30-33-25(18)21)17-5-7-24-20(10-17)32-27(39-24)19-8-9-34(2)15-23(19)38-3/h5,7,10-13,16,19,22-23H,4,6,8-9,14-15H2,1-3H3,(H,30,33)(H,31,36)/t16-,19+,22+,23+/m0/s1. The Labute approximate surface area is 230 Å². The lowest BCUT2D eigenvalue weighted by atomic mass is 9.89. The van der Waals surface area contributed by atoms with Gasteiger partial charge in [-0.2, -0.15) is 5.10 Å². The number of aromatic nitrogens is 4. The number of amides is 2. The van der Waals surface area contributed by atoms with Gasteiger partial charge in [-0.05, 0) is 56.5 Å². The molecule has 0 saturated carbocycles. The van der Waals surface area contributed by atoms with Gasteiger partial charge in [0, 0.05) is 37.7 Å². The molecule has 4 aromatic rings. The first kappa shape index (κ1) is 25.8. The number of piperidine rings is 2. The fourth-order valence-corrected chi connectivity index (χ4v) is 7.05. The van der Waals surface area contributed by atoms with Gasteiger partial charge in [-0.25, -0.2) is 4.98 Å². The largest absolute Gasteiger partial charge is 0.379 e. The van der Waals surface area contributed by atoms with Crippen LogP contribution < -0.4 is 5.32 Å². The van der Waals surface area contributed by atoms with Gasteiger partial charge < -0.3 is 19.9 Å². The highest BCUT2D eigenvalue weighted by Gasteiger charge is 2.35. The van der Waals surface area contributed by atoms with Crippen LogP contribution in [0.2, 0.25) is 0 Å². The van der Waals surface area contributed by atoms with Crippen LogP contribution in [-0.4, -0.2) is 81.7 Å². The van der Waals surface area contributed by atoms with E-state index in [0.717, 1.165) is 58.5 Å². The molecule has 2 N–H and O–H groups in total. The first-order valence-electron chi connectivity index (χ1n) is 13.4. The molecule has 0 unspecified atom stereocenters. The summed E-state index contributed by atoms with van der Waals surface area (Å²) in [6, 6.07) is 6.10. The van der Waals surface area contributed by atoms with Crippen LogP contribution in [0.3, 0.4) is 0 Å². The van der Waals surface area contributed by atoms with Crippen molar-refractivity contribution < 1.29 is 14.3 Å². The van der Waals surface area contributed by atoms with Gasteiger partial charge in [-0.15, -0.1) is 11.3 Å². The normalized spacial score (nSPS) is 24.3. The zero-order valence-electron chi connectivity index (χ0n) is 22.4. The molecule has 0 radical (unpaired) electrons. The Morgan fingerprint density at radius 3 is 2.87 bits per heavy atom. The molecule has 0 bridgehead atoms. The van der Waals surface area contributed by atoms with Crippen LogP contribution in [0.25, 0.3) is 21.1 Å². The zero-order chi connectivity index (χ0) is 27.1. The monoisotopic (exact) mass is 547 g/mol. The number of benzene rings is 1. The molecule has 2 aliphatic rings. The number of anilines is 1. The van der Waals surface area contributed by atoms with E-state index in [0.29, 0.717) is 23.7 Å². The predicted molar refractivity (Wildman–Crippen MR) is 151 cm³/mol. The van der Waals surface area contributed by atoms with Gasteiger partial charge >= 0.3 is 11.8 Å². The molecule has 2 amide bonds. The first-order valence-corrected chi connectivity index (χ1v) is 14.2. The number of pyridine rings is 1. The lowest BCUT2D eigenvalue weighted by Crippen LogP contribution is -2.46. The third kappa shape index (κ3) is 5.02. The van der Waals surface area contributed by atoms with Crippen molar-refractivity contribution in [2.45, 2.75) is 44.2 Å². The summed E-state index contributed by atoms with van der Waals surface area (Å²) in [6.45, 7) is 4.56. The van der Waals surface area contributed by atoms with Crippen molar-refractivity contribution in [3.8, 4) is 0 Å². The Kier molecular flexibility index (Phi) is 7.05. The van der Waals surface area contributed by atoms with E-state index in [4.69, 9.17) is 9.72 Å². The maximum absolute atomic E-state index is 13.5. The summed E-state index contributed by atoms with van der Waals surface area (Å²) >= 11 is 1.73. The van der Waals surface area contributed by atoms with E-state index in [1.54, 1.807) is 35.7 Å². The van der Waals surface area contributed by atoms with Crippen LogP contribution in [0.15, 0.2) is 36.8 Å². The smallest absolute Gasteiger partial charge is 0.314 e. The molecule has 0 aliphatic carbocycles. The lowest BCUT2D eigenvalue weighted by Gasteiger charge is -2.38. The number of ether oxygens (including phenoxy) is 1. The second-order valence-electron chi connectivity index (χ2n) is 10.8. The van der Waals surface area contributed by atoms with Crippen LogP contribution in [0.4, 0.5) is 5.69 Å². The summed E-state index contributed by atoms with van der Waals surface area (Å²) in [5.41, 5.74) is 3.02. The Bertz CT molecular complexity index is 1520. The number of hydrogen-bond acceptors (Lipinski definition) is 8. The van der Waals surface area contributed by atoms with E-state index >= 15 is 0 Å². The van der Waals surface area contributed by atoms with E-state index < -0.39 is 11.8 Å². The molecule has 39 heavy (non-hydrogen) atoms. The van der Waals surface area contributed by atoms with Gasteiger partial charge in [0.15, 0.2) is 0 Å². The molecule has 2 fully saturated rings. The number of likely N-dealkylation sites (tertiary alicyclic amines) is 2. The van der Waals surface area contributed by atoms with E-state index in [1.807, 2.05) is 0 Å². The number of likely N-dealkylation sites (N-methyl/N-ethyl adjacent to an activating group) is 1. The van der Waals surface area contributed by atoms with Gasteiger partial charge in [0.2, 0.25) is 0 Å². The fraction of sp³-hybridized carbons (Fsp3) is 0.464. The van der Waals surface area contributed by atoms with Gasteiger partial charge in [0.25, 0.3) is 0 Å². The molecule has 11 heteroatoms. The van der Waals surface area contributed by atoms with Crippen molar-refractivity contribution in [1.82, 2.24) is 30.0 Å². The second-order valence-corrected chi connectivity index (χ2v) is 11.9. The van der Waals surface area contributed by atoms with Crippen molar-refractivity contribution in [2.75, 3.05) is 39.1 Å². The van der Waals surface area contributed by atoms with Gasteiger partial charge in [0.05, 0.1) is 51.0 Å². The highest BCUT2D eigenvalue weighted by atomic mass is 32.1. The Hall–Kier alpha value is -3.41. The molecular formula is C28H33N7O3S. The van der Waals surface area contributed by atoms with Crippen LogP contribution >= 0.6 is 11.3 Å². The average molecular weight is 548 g/mol. The minimum absolute atomic E-state index is 0.123. The summed E-state index contributed by atoms with van der Waals surface area (Å²) in [4.78, 5) is 39.9. The second kappa shape index (κ2) is 10.6. The third-order valence-electron chi connectivity index (χ3n) is 8.07. The number of hydrogen-bond donors (Lipinski definition) is 2. The number of nitrogens with zero attached hydrogens (tertiary/aromatic N) is 5. The van der Waals surface area contributed by atoms with E-state index in [2.05, 4.69) is 57.6 Å². The number of nitrogens with one attached hydrogen (secondary N) is 2. The minimum Gasteiger partial charge on any atom is -0.379 e. The molecule has 3 aromatic heterocycles.